The summed E-state index contributed by atoms with van der Waals surface area (Å²) in [6, 6.07) is 3.88. The summed E-state index contributed by atoms with van der Waals surface area (Å²) < 4.78 is 13.3. The van der Waals surface area contributed by atoms with Crippen molar-refractivity contribution in [1.29, 1.82) is 0 Å². The summed E-state index contributed by atoms with van der Waals surface area (Å²) in [6.07, 6.45) is 2.01. The highest BCUT2D eigenvalue weighted by Gasteiger charge is 2.41. The third kappa shape index (κ3) is 2.83. The predicted octanol–water partition coefficient (Wildman–Crippen LogP) is 1.60. The molecule has 6 heteroatoms. The number of aliphatic hydroxyl groups excluding tert-OH is 1. The first-order chi connectivity index (χ1) is 8.56. The molecule has 1 aromatic rings. The lowest BCUT2D eigenvalue weighted by molar-refractivity contribution is -0.387. The van der Waals surface area contributed by atoms with Crippen LogP contribution in [0.2, 0.25) is 0 Å². The summed E-state index contributed by atoms with van der Waals surface area (Å²) in [5.41, 5.74) is 0.152. The summed E-state index contributed by atoms with van der Waals surface area (Å²) in [5, 5.41) is 22.7. The minimum Gasteiger partial charge on any atom is -0.396 e. The summed E-state index contributed by atoms with van der Waals surface area (Å²) in [6.45, 7) is 1.29. The lowest BCUT2D eigenvalue weighted by atomic mass is 10.1. The van der Waals surface area contributed by atoms with Crippen molar-refractivity contribution in [2.45, 2.75) is 19.4 Å². The Kier molecular flexibility index (Phi) is 3.58. The Bertz CT molecular complexity index is 461. The van der Waals surface area contributed by atoms with Crippen molar-refractivity contribution in [3.63, 3.8) is 0 Å². The summed E-state index contributed by atoms with van der Waals surface area (Å²) in [5.74, 6) is -0.817. The summed E-state index contributed by atoms with van der Waals surface area (Å²) >= 11 is 0. The fraction of sp³-hybridized carbons (Fsp3) is 0.500. The van der Waals surface area contributed by atoms with E-state index in [1.165, 1.54) is 18.2 Å². The average molecular weight is 254 g/mol. The number of nitro groups is 1. The number of nitrogens with one attached hydrogen (secondary N) is 1. The molecule has 0 unspecified atom stereocenters. The van der Waals surface area contributed by atoms with E-state index in [2.05, 4.69) is 5.32 Å². The number of aliphatic hydroxyl groups is 1. The van der Waals surface area contributed by atoms with Gasteiger partial charge in [-0.1, -0.05) is 6.07 Å². The summed E-state index contributed by atoms with van der Waals surface area (Å²) in [7, 11) is 0. The molecule has 0 aliphatic heterocycles. The highest BCUT2D eigenvalue weighted by Crippen LogP contribution is 2.44. The normalized spacial score (nSPS) is 16.6. The second-order valence-corrected chi connectivity index (χ2v) is 4.80. The smallest absolute Gasteiger partial charge is 0.304 e. The molecule has 1 fully saturated rings. The van der Waals surface area contributed by atoms with Gasteiger partial charge in [0.2, 0.25) is 5.82 Å². The van der Waals surface area contributed by atoms with Crippen molar-refractivity contribution < 1.29 is 14.4 Å². The van der Waals surface area contributed by atoms with E-state index in [-0.39, 0.29) is 12.0 Å². The van der Waals surface area contributed by atoms with E-state index in [0.717, 1.165) is 12.8 Å². The molecule has 2 N–H and O–H groups in total. The molecule has 0 aromatic heterocycles. The van der Waals surface area contributed by atoms with Crippen LogP contribution in [-0.4, -0.2) is 23.2 Å². The molecule has 2 rings (SSSR count). The fourth-order valence-electron chi connectivity index (χ4n) is 1.85. The molecule has 1 saturated carbocycles. The first kappa shape index (κ1) is 12.9. The van der Waals surface area contributed by atoms with E-state index >= 15 is 0 Å². The highest BCUT2D eigenvalue weighted by molar-refractivity contribution is 5.34. The Morgan fingerprint density at radius 1 is 1.50 bits per heavy atom. The molecule has 0 atom stereocenters. The van der Waals surface area contributed by atoms with Crippen molar-refractivity contribution in [2.75, 3.05) is 13.2 Å². The molecular formula is C12H15FN2O3. The largest absolute Gasteiger partial charge is 0.396 e. The number of hydrogen-bond acceptors (Lipinski definition) is 4. The lowest BCUT2D eigenvalue weighted by Crippen LogP contribution is -2.26. The van der Waals surface area contributed by atoms with Gasteiger partial charge in [0.1, 0.15) is 0 Å². The van der Waals surface area contributed by atoms with Gasteiger partial charge in [0.25, 0.3) is 0 Å². The van der Waals surface area contributed by atoms with Crippen LogP contribution in [0.4, 0.5) is 10.1 Å². The zero-order chi connectivity index (χ0) is 13.2. The van der Waals surface area contributed by atoms with E-state index in [9.17, 15) is 14.5 Å². The zero-order valence-electron chi connectivity index (χ0n) is 9.86. The number of nitro benzene ring substituents is 1. The number of rotatable bonds is 6. The molecule has 0 amide bonds. The van der Waals surface area contributed by atoms with Gasteiger partial charge in [0.15, 0.2) is 0 Å². The van der Waals surface area contributed by atoms with E-state index in [4.69, 9.17) is 5.11 Å². The second-order valence-electron chi connectivity index (χ2n) is 4.80. The van der Waals surface area contributed by atoms with Crippen LogP contribution in [0.1, 0.15) is 18.4 Å². The SMILES string of the molecule is O=[N+]([O-])c1ccc(CNCC2(CO)CC2)cc1F. The van der Waals surface area contributed by atoms with Gasteiger partial charge in [-0.15, -0.1) is 0 Å². The molecule has 0 spiro atoms. The van der Waals surface area contributed by atoms with Gasteiger partial charge in [-0.05, 0) is 24.5 Å². The Labute approximate surface area is 104 Å². The number of halogens is 1. The molecule has 0 saturated heterocycles. The maximum atomic E-state index is 13.3. The standard InChI is InChI=1S/C12H15FN2O3/c13-10-5-9(1-2-11(10)15(17)18)6-14-7-12(8-16)3-4-12/h1-2,5,14,16H,3-4,6-8H2. The molecule has 0 heterocycles. The van der Waals surface area contributed by atoms with Gasteiger partial charge < -0.3 is 10.4 Å². The van der Waals surface area contributed by atoms with E-state index in [0.29, 0.717) is 18.7 Å². The maximum absolute atomic E-state index is 13.3. The first-order valence-electron chi connectivity index (χ1n) is 5.81. The van der Waals surface area contributed by atoms with Crippen LogP contribution in [0.3, 0.4) is 0 Å². The fourth-order valence-corrected chi connectivity index (χ4v) is 1.85. The monoisotopic (exact) mass is 254 g/mol. The van der Waals surface area contributed by atoms with Gasteiger partial charge in [-0.25, -0.2) is 0 Å². The topological polar surface area (TPSA) is 75.4 Å². The van der Waals surface area contributed by atoms with Crippen LogP contribution >= 0.6 is 0 Å². The number of benzene rings is 1. The Balaban J connectivity index is 1.90. The van der Waals surface area contributed by atoms with E-state index < -0.39 is 16.4 Å². The van der Waals surface area contributed by atoms with E-state index in [1.807, 2.05) is 0 Å². The number of nitrogens with zero attached hydrogens (tertiary/aromatic N) is 1. The molecule has 18 heavy (non-hydrogen) atoms. The Hall–Kier alpha value is -1.53. The van der Waals surface area contributed by atoms with Gasteiger partial charge >= 0.3 is 5.69 Å². The van der Waals surface area contributed by atoms with E-state index in [1.54, 1.807) is 0 Å². The van der Waals surface area contributed by atoms with Crippen molar-refractivity contribution in [3.8, 4) is 0 Å². The van der Waals surface area contributed by atoms with Gasteiger partial charge in [-0.2, -0.15) is 4.39 Å². The van der Waals surface area contributed by atoms with Crippen LogP contribution in [0.15, 0.2) is 18.2 Å². The van der Waals surface area contributed by atoms with Crippen LogP contribution in [-0.2, 0) is 6.54 Å². The van der Waals surface area contributed by atoms with Gasteiger partial charge in [0.05, 0.1) is 4.92 Å². The minimum absolute atomic E-state index is 0.000673. The van der Waals surface area contributed by atoms with Crippen molar-refractivity contribution >= 4 is 5.69 Å². The van der Waals surface area contributed by atoms with Gasteiger partial charge in [-0.3, -0.25) is 10.1 Å². The average Bonchev–Trinajstić information content (AvgIpc) is 3.09. The number of hydrogen-bond donors (Lipinski definition) is 2. The molecule has 0 radical (unpaired) electrons. The maximum Gasteiger partial charge on any atom is 0.304 e. The second kappa shape index (κ2) is 4.99. The quantitative estimate of drug-likeness (QED) is 0.597. The molecule has 98 valence electrons. The molecule has 1 aromatic carbocycles. The molecule has 5 nitrogen and oxygen atoms in total. The molecular weight excluding hydrogens is 239 g/mol. The van der Waals surface area contributed by atoms with Crippen molar-refractivity contribution in [2.24, 2.45) is 5.41 Å². The molecule has 1 aliphatic rings. The highest BCUT2D eigenvalue weighted by atomic mass is 19.1. The minimum atomic E-state index is -0.817. The predicted molar refractivity (Wildman–Crippen MR) is 63.5 cm³/mol. The Morgan fingerprint density at radius 2 is 2.22 bits per heavy atom. The lowest BCUT2D eigenvalue weighted by Gasteiger charge is -2.12. The molecule has 0 bridgehead atoms. The van der Waals surface area contributed by atoms with Crippen LogP contribution in [0.5, 0.6) is 0 Å². The Morgan fingerprint density at radius 3 is 2.72 bits per heavy atom. The van der Waals surface area contributed by atoms with Crippen LogP contribution < -0.4 is 5.32 Å². The first-order valence-corrected chi connectivity index (χ1v) is 5.81. The van der Waals surface area contributed by atoms with Crippen LogP contribution in [0.25, 0.3) is 0 Å². The van der Waals surface area contributed by atoms with Crippen molar-refractivity contribution in [3.05, 3.63) is 39.7 Å². The third-order valence-corrected chi connectivity index (χ3v) is 3.33. The van der Waals surface area contributed by atoms with Crippen molar-refractivity contribution in [1.82, 2.24) is 5.32 Å². The summed E-state index contributed by atoms with van der Waals surface area (Å²) in [4.78, 5) is 9.71. The van der Waals surface area contributed by atoms with Gasteiger partial charge in [0, 0.05) is 31.2 Å². The zero-order valence-corrected chi connectivity index (χ0v) is 9.86. The third-order valence-electron chi connectivity index (χ3n) is 3.33. The van der Waals surface area contributed by atoms with Crippen LogP contribution in [0, 0.1) is 21.3 Å². The molecule has 1 aliphatic carbocycles.